The van der Waals surface area contributed by atoms with Crippen LogP contribution in [0.2, 0.25) is 5.02 Å². The lowest BCUT2D eigenvalue weighted by atomic mass is 10.2. The summed E-state index contributed by atoms with van der Waals surface area (Å²) in [5.41, 5.74) is 1.87. The number of hydrogen-bond acceptors (Lipinski definition) is 7. The molecule has 0 radical (unpaired) electrons. The lowest BCUT2D eigenvalue weighted by Gasteiger charge is -2.25. The van der Waals surface area contributed by atoms with Crippen molar-refractivity contribution in [1.82, 2.24) is 9.97 Å². The number of benzene rings is 3. The molecule has 0 fully saturated rings. The smallest absolute Gasteiger partial charge is 0.264 e. The Hall–Kier alpha value is -4.00. The number of halogens is 1. The second-order valence-electron chi connectivity index (χ2n) is 8.45. The molecular formula is C26H24ClN5O5S2. The normalized spacial score (nSPS) is 11.6. The molecule has 0 aliphatic heterocycles. The highest BCUT2D eigenvalue weighted by Crippen LogP contribution is 2.27. The quantitative estimate of drug-likeness (QED) is 0.297. The van der Waals surface area contributed by atoms with E-state index in [1.54, 1.807) is 44.2 Å². The molecule has 13 heteroatoms. The van der Waals surface area contributed by atoms with Crippen LogP contribution in [-0.2, 0) is 24.8 Å². The number of nitrogens with one attached hydrogen (secondary N) is 2. The summed E-state index contributed by atoms with van der Waals surface area (Å²) in [5.74, 6) is -0.691. The number of anilines is 3. The minimum absolute atomic E-state index is 0.0254. The first kappa shape index (κ1) is 28.0. The van der Waals surface area contributed by atoms with E-state index in [4.69, 9.17) is 11.6 Å². The molecule has 0 aliphatic rings. The first-order valence-electron chi connectivity index (χ1n) is 11.5. The summed E-state index contributed by atoms with van der Waals surface area (Å²) in [6.07, 6.45) is 1.44. The van der Waals surface area contributed by atoms with Crippen LogP contribution in [0.1, 0.15) is 11.3 Å². The van der Waals surface area contributed by atoms with E-state index >= 15 is 0 Å². The number of sulfonamides is 2. The van der Waals surface area contributed by atoms with Crippen LogP contribution in [0.25, 0.3) is 0 Å². The average Bonchev–Trinajstić information content (AvgIpc) is 2.88. The molecular weight excluding hydrogens is 562 g/mol. The standard InChI is InChI=1S/C26H24ClN5O5S2/c1-18-5-3-4-6-24(18)32(39(36,37)23-11-7-20(27)8-12-23)17-25(33)30-21-9-13-22(14-10-21)38(34,35)31-26-28-16-15-19(2)29-26/h3-16H,17H2,1-2H3,(H,30,33)(H,28,29,31). The Bertz CT molecular complexity index is 1710. The number of aryl methyl sites for hydroxylation is 2. The summed E-state index contributed by atoms with van der Waals surface area (Å²) >= 11 is 5.92. The average molecular weight is 586 g/mol. The van der Waals surface area contributed by atoms with Crippen molar-refractivity contribution in [2.45, 2.75) is 23.6 Å². The number of amides is 1. The maximum atomic E-state index is 13.5. The number of rotatable bonds is 9. The van der Waals surface area contributed by atoms with Crippen LogP contribution in [0.15, 0.2) is 94.9 Å². The van der Waals surface area contributed by atoms with Gasteiger partial charge in [-0.3, -0.25) is 9.10 Å². The first-order chi connectivity index (χ1) is 18.5. The van der Waals surface area contributed by atoms with E-state index in [1.807, 2.05) is 0 Å². The van der Waals surface area contributed by atoms with Crippen molar-refractivity contribution in [1.29, 1.82) is 0 Å². The second-order valence-corrected chi connectivity index (χ2v) is 12.4. The van der Waals surface area contributed by atoms with Gasteiger partial charge in [-0.05, 0) is 80.1 Å². The largest absolute Gasteiger partial charge is 0.325 e. The van der Waals surface area contributed by atoms with Crippen LogP contribution in [0.3, 0.4) is 0 Å². The van der Waals surface area contributed by atoms with Gasteiger partial charge in [-0.1, -0.05) is 29.8 Å². The fourth-order valence-corrected chi connectivity index (χ4v) is 6.16. The van der Waals surface area contributed by atoms with Crippen molar-refractivity contribution in [3.05, 3.63) is 101 Å². The molecule has 0 atom stereocenters. The van der Waals surface area contributed by atoms with Gasteiger partial charge in [-0.25, -0.2) is 31.5 Å². The lowest BCUT2D eigenvalue weighted by molar-refractivity contribution is -0.114. The molecule has 10 nitrogen and oxygen atoms in total. The van der Waals surface area contributed by atoms with Crippen molar-refractivity contribution >= 4 is 54.9 Å². The molecule has 3 aromatic carbocycles. The van der Waals surface area contributed by atoms with E-state index in [-0.39, 0.29) is 21.4 Å². The Morgan fingerprint density at radius 2 is 1.51 bits per heavy atom. The van der Waals surface area contributed by atoms with E-state index < -0.39 is 32.5 Å². The number of carbonyl (C=O) groups is 1. The maximum Gasteiger partial charge on any atom is 0.264 e. The van der Waals surface area contributed by atoms with Crippen LogP contribution in [0.5, 0.6) is 0 Å². The first-order valence-corrected chi connectivity index (χ1v) is 14.8. The molecule has 0 spiro atoms. The maximum absolute atomic E-state index is 13.5. The molecule has 39 heavy (non-hydrogen) atoms. The topological polar surface area (TPSA) is 138 Å². The molecule has 0 saturated heterocycles. The van der Waals surface area contributed by atoms with E-state index in [0.717, 1.165) is 4.31 Å². The van der Waals surface area contributed by atoms with Crippen molar-refractivity contribution in [3.8, 4) is 0 Å². The van der Waals surface area contributed by atoms with Gasteiger partial charge in [0.2, 0.25) is 11.9 Å². The third-order valence-corrected chi connectivity index (χ3v) is 8.91. The minimum Gasteiger partial charge on any atom is -0.325 e. The lowest BCUT2D eigenvalue weighted by Crippen LogP contribution is -2.38. The highest BCUT2D eigenvalue weighted by Gasteiger charge is 2.28. The zero-order valence-electron chi connectivity index (χ0n) is 20.9. The molecule has 1 amide bonds. The number of carbonyl (C=O) groups excluding carboxylic acids is 1. The SMILES string of the molecule is Cc1ccnc(NS(=O)(=O)c2ccc(NC(=O)CN(c3ccccc3C)S(=O)(=O)c3ccc(Cl)cc3)cc2)n1. The fourth-order valence-electron chi connectivity index (χ4n) is 3.60. The van der Waals surface area contributed by atoms with Gasteiger partial charge in [0.15, 0.2) is 0 Å². The molecule has 4 aromatic rings. The Balaban J connectivity index is 1.54. The third kappa shape index (κ3) is 6.72. The van der Waals surface area contributed by atoms with Crippen molar-refractivity contribution < 1.29 is 21.6 Å². The van der Waals surface area contributed by atoms with Gasteiger partial charge in [-0.2, -0.15) is 0 Å². The molecule has 1 heterocycles. The highest BCUT2D eigenvalue weighted by molar-refractivity contribution is 7.93. The van der Waals surface area contributed by atoms with Gasteiger partial charge in [0.05, 0.1) is 15.5 Å². The van der Waals surface area contributed by atoms with E-state index in [1.165, 1.54) is 54.7 Å². The minimum atomic E-state index is -4.13. The van der Waals surface area contributed by atoms with E-state index in [2.05, 4.69) is 20.0 Å². The summed E-state index contributed by atoms with van der Waals surface area (Å²) < 4.78 is 55.8. The molecule has 4 rings (SSSR count). The Labute approximate surface area is 231 Å². The molecule has 0 bridgehead atoms. The molecule has 0 saturated carbocycles. The van der Waals surface area contributed by atoms with Gasteiger partial charge in [0, 0.05) is 22.6 Å². The molecule has 0 unspecified atom stereocenters. The van der Waals surface area contributed by atoms with Gasteiger partial charge >= 0.3 is 0 Å². The van der Waals surface area contributed by atoms with E-state index in [9.17, 15) is 21.6 Å². The monoisotopic (exact) mass is 585 g/mol. The second kappa shape index (κ2) is 11.4. The van der Waals surface area contributed by atoms with Gasteiger partial charge in [0.25, 0.3) is 20.0 Å². The number of aromatic nitrogens is 2. The molecule has 1 aromatic heterocycles. The van der Waals surface area contributed by atoms with Crippen molar-refractivity contribution in [3.63, 3.8) is 0 Å². The van der Waals surface area contributed by atoms with Crippen molar-refractivity contribution in [2.24, 2.45) is 0 Å². The summed E-state index contributed by atoms with van der Waals surface area (Å²) in [4.78, 5) is 20.8. The fraction of sp³-hybridized carbons (Fsp3) is 0.115. The number of nitrogens with zero attached hydrogens (tertiary/aromatic N) is 3. The molecule has 202 valence electrons. The zero-order valence-corrected chi connectivity index (χ0v) is 23.3. The predicted octanol–water partition coefficient (Wildman–Crippen LogP) is 4.38. The third-order valence-electron chi connectivity index (χ3n) is 5.54. The number of hydrogen-bond donors (Lipinski definition) is 2. The molecule has 0 aliphatic carbocycles. The highest BCUT2D eigenvalue weighted by atomic mass is 35.5. The van der Waals surface area contributed by atoms with E-state index in [0.29, 0.717) is 22.0 Å². The van der Waals surface area contributed by atoms with Crippen LogP contribution >= 0.6 is 11.6 Å². The van der Waals surface area contributed by atoms with Gasteiger partial charge in [-0.15, -0.1) is 0 Å². The summed E-state index contributed by atoms with van der Waals surface area (Å²) in [5, 5.41) is 3.00. The van der Waals surface area contributed by atoms with Crippen LogP contribution in [-0.4, -0.2) is 39.3 Å². The Morgan fingerprint density at radius 1 is 0.872 bits per heavy atom. The van der Waals surface area contributed by atoms with Gasteiger partial charge in [0.1, 0.15) is 6.54 Å². The van der Waals surface area contributed by atoms with Crippen molar-refractivity contribution in [2.75, 3.05) is 20.9 Å². The molecule has 2 N–H and O–H groups in total. The van der Waals surface area contributed by atoms with Gasteiger partial charge < -0.3 is 5.32 Å². The van der Waals surface area contributed by atoms with Crippen LogP contribution in [0.4, 0.5) is 17.3 Å². The zero-order chi connectivity index (χ0) is 28.2. The summed E-state index contributed by atoms with van der Waals surface area (Å²) in [6.45, 7) is 2.92. The summed E-state index contributed by atoms with van der Waals surface area (Å²) in [6, 6.07) is 19.5. The number of para-hydroxylation sites is 1. The Morgan fingerprint density at radius 3 is 2.15 bits per heavy atom. The van der Waals surface area contributed by atoms with Crippen LogP contribution < -0.4 is 14.3 Å². The summed E-state index contributed by atoms with van der Waals surface area (Å²) in [7, 11) is -8.10. The van der Waals surface area contributed by atoms with Crippen LogP contribution in [0, 0.1) is 13.8 Å². The Kier molecular flexibility index (Phi) is 8.19. The predicted molar refractivity (Wildman–Crippen MR) is 150 cm³/mol.